The van der Waals surface area contributed by atoms with E-state index in [1.165, 1.54) is 12.7 Å². The van der Waals surface area contributed by atoms with E-state index in [9.17, 15) is 4.91 Å². The lowest BCUT2D eigenvalue weighted by atomic mass is 10.2. The lowest BCUT2D eigenvalue weighted by molar-refractivity contribution is 0.416. The second-order valence-electron chi connectivity index (χ2n) is 3.97. The first-order valence-electron chi connectivity index (χ1n) is 5.58. The summed E-state index contributed by atoms with van der Waals surface area (Å²) in [6.07, 6.45) is 0. The number of nitroso groups, excluding NO2 is 1. The number of nitrogens with zero attached hydrogens (tertiary/aromatic N) is 1. The molecule has 0 spiro atoms. The number of methoxy groups -OCH3 is 1. The van der Waals surface area contributed by atoms with Gasteiger partial charge >= 0.3 is 0 Å². The highest BCUT2D eigenvalue weighted by molar-refractivity contribution is 5.66. The molecule has 0 heterocycles. The summed E-state index contributed by atoms with van der Waals surface area (Å²) in [6, 6.07) is 13.2. The number of anilines is 2. The Morgan fingerprint density at radius 1 is 1.06 bits per heavy atom. The lowest BCUT2D eigenvalue weighted by Gasteiger charge is -2.09. The topological polar surface area (TPSA) is 50.7 Å². The number of aryl methyl sites for hydroxylation is 1. The molecule has 0 aliphatic carbocycles. The lowest BCUT2D eigenvalue weighted by Crippen LogP contribution is -1.91. The molecule has 18 heavy (non-hydrogen) atoms. The first kappa shape index (κ1) is 12.1. The maximum absolute atomic E-state index is 10.5. The number of hydrogen-bond donors (Lipinski definition) is 1. The molecule has 2 aromatic carbocycles. The monoisotopic (exact) mass is 242 g/mol. The highest BCUT2D eigenvalue weighted by atomic mass is 16.5. The molecule has 0 unspecified atom stereocenters. The van der Waals surface area contributed by atoms with Gasteiger partial charge in [-0.1, -0.05) is 17.7 Å². The molecule has 0 fully saturated rings. The van der Waals surface area contributed by atoms with Crippen LogP contribution in [0.2, 0.25) is 0 Å². The van der Waals surface area contributed by atoms with E-state index >= 15 is 0 Å². The Kier molecular flexibility index (Phi) is 3.57. The number of benzene rings is 2. The van der Waals surface area contributed by atoms with Crippen LogP contribution in [-0.4, -0.2) is 7.11 Å². The molecule has 4 heteroatoms. The second kappa shape index (κ2) is 5.31. The fraction of sp³-hybridized carbons (Fsp3) is 0.143. The third kappa shape index (κ3) is 2.66. The van der Waals surface area contributed by atoms with Crippen molar-refractivity contribution in [2.75, 3.05) is 12.4 Å². The van der Waals surface area contributed by atoms with E-state index < -0.39 is 0 Å². The van der Waals surface area contributed by atoms with Crippen LogP contribution in [-0.2, 0) is 0 Å². The van der Waals surface area contributed by atoms with Gasteiger partial charge in [0.25, 0.3) is 0 Å². The van der Waals surface area contributed by atoms with Crippen molar-refractivity contribution in [2.45, 2.75) is 6.92 Å². The minimum atomic E-state index is 0.298. The molecule has 4 nitrogen and oxygen atoms in total. The van der Waals surface area contributed by atoms with Crippen molar-refractivity contribution >= 4 is 17.1 Å². The first-order valence-corrected chi connectivity index (χ1v) is 5.58. The predicted octanol–water partition coefficient (Wildman–Crippen LogP) is 4.15. The van der Waals surface area contributed by atoms with Gasteiger partial charge in [0.1, 0.15) is 11.4 Å². The van der Waals surface area contributed by atoms with Crippen LogP contribution in [0.3, 0.4) is 0 Å². The van der Waals surface area contributed by atoms with Crippen molar-refractivity contribution < 1.29 is 4.74 Å². The maximum Gasteiger partial charge on any atom is 0.150 e. The quantitative estimate of drug-likeness (QED) is 0.819. The summed E-state index contributed by atoms with van der Waals surface area (Å²) < 4.78 is 5.10. The molecule has 92 valence electrons. The van der Waals surface area contributed by atoms with Crippen LogP contribution in [0.4, 0.5) is 17.1 Å². The highest BCUT2D eigenvalue weighted by Crippen LogP contribution is 2.31. The van der Waals surface area contributed by atoms with Crippen molar-refractivity contribution in [2.24, 2.45) is 5.18 Å². The van der Waals surface area contributed by atoms with E-state index in [1.807, 2.05) is 31.2 Å². The molecule has 2 aromatic rings. The van der Waals surface area contributed by atoms with Gasteiger partial charge in [-0.05, 0) is 36.4 Å². The molecule has 0 amide bonds. The van der Waals surface area contributed by atoms with Crippen molar-refractivity contribution in [3.8, 4) is 5.75 Å². The van der Waals surface area contributed by atoms with Crippen LogP contribution in [0.5, 0.6) is 5.75 Å². The Balaban J connectivity index is 2.24. The summed E-state index contributed by atoms with van der Waals surface area (Å²) in [4.78, 5) is 10.5. The van der Waals surface area contributed by atoms with E-state index in [-0.39, 0.29) is 0 Å². The third-order valence-electron chi connectivity index (χ3n) is 2.62. The molecule has 0 bridgehead atoms. The van der Waals surface area contributed by atoms with Crippen LogP contribution < -0.4 is 10.1 Å². The summed E-state index contributed by atoms with van der Waals surface area (Å²) in [5, 5.41) is 6.13. The largest absolute Gasteiger partial charge is 0.494 e. The standard InChI is InChI=1S/C14H14N2O2/c1-10-3-5-11(6-4-10)15-12-7-8-13(16-17)14(9-12)18-2/h3-9,15H,1-2H3. The molecular weight excluding hydrogens is 228 g/mol. The molecule has 0 aromatic heterocycles. The van der Waals surface area contributed by atoms with Crippen LogP contribution in [0.1, 0.15) is 5.56 Å². The third-order valence-corrected chi connectivity index (χ3v) is 2.62. The van der Waals surface area contributed by atoms with Gasteiger partial charge < -0.3 is 10.1 Å². The normalized spacial score (nSPS) is 9.89. The molecule has 0 saturated carbocycles. The van der Waals surface area contributed by atoms with Gasteiger partial charge in [0, 0.05) is 17.4 Å². The summed E-state index contributed by atoms with van der Waals surface area (Å²) in [6.45, 7) is 2.04. The smallest absolute Gasteiger partial charge is 0.150 e. The molecule has 0 atom stereocenters. The molecule has 1 N–H and O–H groups in total. The van der Waals surface area contributed by atoms with Gasteiger partial charge in [0.2, 0.25) is 0 Å². The Morgan fingerprint density at radius 3 is 2.33 bits per heavy atom. The number of hydrogen-bond acceptors (Lipinski definition) is 4. The highest BCUT2D eigenvalue weighted by Gasteiger charge is 2.04. The average Bonchev–Trinajstić information content (AvgIpc) is 2.41. The molecule has 0 saturated heterocycles. The Morgan fingerprint density at radius 2 is 1.72 bits per heavy atom. The molecular formula is C14H14N2O2. The Labute approximate surface area is 106 Å². The second-order valence-corrected chi connectivity index (χ2v) is 3.97. The first-order chi connectivity index (χ1) is 8.72. The van der Waals surface area contributed by atoms with Crippen LogP contribution in [0, 0.1) is 11.8 Å². The van der Waals surface area contributed by atoms with Gasteiger partial charge in [-0.15, -0.1) is 4.91 Å². The van der Waals surface area contributed by atoms with Crippen LogP contribution in [0.15, 0.2) is 47.6 Å². The number of nitrogens with one attached hydrogen (secondary N) is 1. The SMILES string of the molecule is COc1cc(Nc2ccc(C)cc2)ccc1N=O. The zero-order valence-electron chi connectivity index (χ0n) is 10.3. The van der Waals surface area contributed by atoms with Gasteiger partial charge in [0.15, 0.2) is 0 Å². The van der Waals surface area contributed by atoms with Crippen molar-refractivity contribution in [1.29, 1.82) is 0 Å². The zero-order chi connectivity index (χ0) is 13.0. The van der Waals surface area contributed by atoms with E-state index in [4.69, 9.17) is 4.74 Å². The Bertz CT molecular complexity index is 550. The molecule has 2 rings (SSSR count). The fourth-order valence-corrected chi connectivity index (χ4v) is 1.63. The molecule has 0 radical (unpaired) electrons. The average molecular weight is 242 g/mol. The summed E-state index contributed by atoms with van der Waals surface area (Å²) in [5.74, 6) is 0.460. The number of ether oxygens (including phenoxy) is 1. The zero-order valence-corrected chi connectivity index (χ0v) is 10.3. The van der Waals surface area contributed by atoms with Crippen LogP contribution >= 0.6 is 0 Å². The minimum absolute atomic E-state index is 0.298. The van der Waals surface area contributed by atoms with E-state index in [0.717, 1.165) is 11.4 Å². The van der Waals surface area contributed by atoms with E-state index in [0.29, 0.717) is 11.4 Å². The minimum Gasteiger partial charge on any atom is -0.494 e. The van der Waals surface area contributed by atoms with Crippen molar-refractivity contribution in [3.63, 3.8) is 0 Å². The van der Waals surface area contributed by atoms with E-state index in [1.54, 1.807) is 18.2 Å². The van der Waals surface area contributed by atoms with Gasteiger partial charge in [0.05, 0.1) is 7.11 Å². The number of rotatable bonds is 4. The summed E-state index contributed by atoms with van der Waals surface area (Å²) in [5.41, 5.74) is 3.34. The summed E-state index contributed by atoms with van der Waals surface area (Å²) in [7, 11) is 1.51. The van der Waals surface area contributed by atoms with Crippen LogP contribution in [0.25, 0.3) is 0 Å². The van der Waals surface area contributed by atoms with Crippen molar-refractivity contribution in [3.05, 3.63) is 52.9 Å². The van der Waals surface area contributed by atoms with E-state index in [2.05, 4.69) is 10.5 Å². The van der Waals surface area contributed by atoms with Gasteiger partial charge in [-0.3, -0.25) is 0 Å². The maximum atomic E-state index is 10.5. The van der Waals surface area contributed by atoms with Gasteiger partial charge in [-0.25, -0.2) is 0 Å². The Hall–Kier alpha value is -2.36. The summed E-state index contributed by atoms with van der Waals surface area (Å²) >= 11 is 0. The predicted molar refractivity (Wildman–Crippen MR) is 72.9 cm³/mol. The fourth-order valence-electron chi connectivity index (χ4n) is 1.63. The molecule has 0 aliphatic rings. The van der Waals surface area contributed by atoms with Gasteiger partial charge in [-0.2, -0.15) is 0 Å². The van der Waals surface area contributed by atoms with Crippen molar-refractivity contribution in [1.82, 2.24) is 0 Å². The molecule has 0 aliphatic heterocycles.